The minimum Gasteiger partial charge on any atom is -0.297 e. The average Bonchev–Trinajstić information content (AvgIpc) is 2.57. The number of hydrogen-bond acceptors (Lipinski definition) is 4. The number of piperazine rings is 1. The van der Waals surface area contributed by atoms with E-state index in [9.17, 15) is 10.1 Å². The third-order valence-electron chi connectivity index (χ3n) is 4.54. The number of para-hydroxylation sites is 1. The molecule has 0 N–H and O–H groups in total. The van der Waals surface area contributed by atoms with Crippen molar-refractivity contribution >= 4 is 5.69 Å². The van der Waals surface area contributed by atoms with Crippen LogP contribution in [0, 0.1) is 17.0 Å². The monoisotopic (exact) mass is 325 g/mol. The molecule has 5 nitrogen and oxygen atoms in total. The predicted molar refractivity (Wildman–Crippen MR) is 94.8 cm³/mol. The summed E-state index contributed by atoms with van der Waals surface area (Å²) in [5, 5.41) is 11.1. The first-order valence-corrected chi connectivity index (χ1v) is 8.34. The molecule has 3 rings (SSSR count). The van der Waals surface area contributed by atoms with Gasteiger partial charge in [0.25, 0.3) is 5.69 Å². The minimum absolute atomic E-state index is 0.222. The zero-order valence-corrected chi connectivity index (χ0v) is 14.0. The predicted octanol–water partition coefficient (Wildman–Crippen LogP) is 3.22. The molecule has 0 spiro atoms. The Balaban J connectivity index is 1.55. The van der Waals surface area contributed by atoms with Crippen LogP contribution >= 0.6 is 0 Å². The van der Waals surface area contributed by atoms with Crippen LogP contribution in [0.25, 0.3) is 0 Å². The zero-order valence-electron chi connectivity index (χ0n) is 14.0. The summed E-state index contributed by atoms with van der Waals surface area (Å²) in [4.78, 5) is 15.6. The van der Waals surface area contributed by atoms with E-state index in [0.717, 1.165) is 38.3 Å². The highest BCUT2D eigenvalue weighted by molar-refractivity contribution is 5.39. The van der Waals surface area contributed by atoms with Crippen LogP contribution in [0.15, 0.2) is 48.5 Å². The lowest BCUT2D eigenvalue weighted by molar-refractivity contribution is -0.385. The Labute approximate surface area is 142 Å². The number of hydrogen-bond donors (Lipinski definition) is 0. The van der Waals surface area contributed by atoms with Gasteiger partial charge in [0, 0.05) is 50.9 Å². The fraction of sp³-hybridized carbons (Fsp3) is 0.368. The summed E-state index contributed by atoms with van der Waals surface area (Å²) < 4.78 is 0. The van der Waals surface area contributed by atoms with Crippen molar-refractivity contribution in [3.8, 4) is 0 Å². The van der Waals surface area contributed by atoms with Gasteiger partial charge in [0.2, 0.25) is 0 Å². The van der Waals surface area contributed by atoms with E-state index in [1.165, 1.54) is 11.1 Å². The molecule has 1 aliphatic heterocycles. The molecular weight excluding hydrogens is 302 g/mol. The molecule has 0 aliphatic carbocycles. The number of nitro benzene ring substituents is 1. The lowest BCUT2D eigenvalue weighted by atomic mass is 10.1. The maximum absolute atomic E-state index is 11.1. The maximum Gasteiger partial charge on any atom is 0.273 e. The molecule has 5 heteroatoms. The lowest BCUT2D eigenvalue weighted by Gasteiger charge is -2.34. The van der Waals surface area contributed by atoms with Crippen molar-refractivity contribution in [3.63, 3.8) is 0 Å². The van der Waals surface area contributed by atoms with Crippen molar-refractivity contribution in [3.05, 3.63) is 75.3 Å². The Morgan fingerprint density at radius 3 is 2.29 bits per heavy atom. The summed E-state index contributed by atoms with van der Waals surface area (Å²) in [5.41, 5.74) is 3.67. The van der Waals surface area contributed by atoms with Gasteiger partial charge in [-0.2, -0.15) is 0 Å². The molecule has 0 amide bonds. The first-order chi connectivity index (χ1) is 11.6. The van der Waals surface area contributed by atoms with Crippen molar-refractivity contribution in [2.45, 2.75) is 20.0 Å². The van der Waals surface area contributed by atoms with Gasteiger partial charge >= 0.3 is 0 Å². The highest BCUT2D eigenvalue weighted by atomic mass is 16.6. The molecule has 1 saturated heterocycles. The Kier molecular flexibility index (Phi) is 5.23. The van der Waals surface area contributed by atoms with Crippen LogP contribution in [0.2, 0.25) is 0 Å². The molecule has 0 aromatic heterocycles. The number of rotatable bonds is 5. The van der Waals surface area contributed by atoms with Gasteiger partial charge < -0.3 is 0 Å². The van der Waals surface area contributed by atoms with Crippen molar-refractivity contribution in [1.29, 1.82) is 0 Å². The zero-order chi connectivity index (χ0) is 16.9. The van der Waals surface area contributed by atoms with Gasteiger partial charge in [-0.25, -0.2) is 0 Å². The van der Waals surface area contributed by atoms with Gasteiger partial charge in [-0.05, 0) is 12.5 Å². The molecule has 2 aromatic rings. The maximum atomic E-state index is 11.1. The van der Waals surface area contributed by atoms with Crippen molar-refractivity contribution in [1.82, 2.24) is 9.80 Å². The summed E-state index contributed by atoms with van der Waals surface area (Å²) in [6.07, 6.45) is 0. The molecule has 1 fully saturated rings. The van der Waals surface area contributed by atoms with Crippen molar-refractivity contribution < 1.29 is 4.92 Å². The standard InChI is InChI=1S/C19H23N3O2/c1-16-5-4-6-17(13-16)14-20-9-11-21(12-10-20)15-18-7-2-3-8-19(18)22(23)24/h2-8,13H,9-12,14-15H2,1H3. The van der Waals surface area contributed by atoms with Gasteiger partial charge in [0.05, 0.1) is 4.92 Å². The van der Waals surface area contributed by atoms with Gasteiger partial charge in [0.1, 0.15) is 0 Å². The molecule has 1 aliphatic rings. The SMILES string of the molecule is Cc1cccc(CN2CCN(Cc3ccccc3[N+](=O)[O-])CC2)c1. The molecule has 1 heterocycles. The van der Waals surface area contributed by atoms with Crippen LogP contribution in [0.1, 0.15) is 16.7 Å². The second kappa shape index (κ2) is 7.55. The highest BCUT2D eigenvalue weighted by Gasteiger charge is 2.20. The van der Waals surface area contributed by atoms with Crippen LogP contribution in [0.3, 0.4) is 0 Å². The van der Waals surface area contributed by atoms with Crippen LogP contribution in [-0.4, -0.2) is 40.9 Å². The van der Waals surface area contributed by atoms with E-state index in [1.807, 2.05) is 12.1 Å². The average molecular weight is 325 g/mol. The summed E-state index contributed by atoms with van der Waals surface area (Å²) in [6.45, 7) is 7.61. The van der Waals surface area contributed by atoms with E-state index in [0.29, 0.717) is 6.54 Å². The number of benzene rings is 2. The lowest BCUT2D eigenvalue weighted by Crippen LogP contribution is -2.45. The molecule has 2 aromatic carbocycles. The largest absolute Gasteiger partial charge is 0.297 e. The van der Waals surface area contributed by atoms with Crippen molar-refractivity contribution in [2.75, 3.05) is 26.2 Å². The first kappa shape index (κ1) is 16.6. The molecule has 0 bridgehead atoms. The summed E-state index contributed by atoms with van der Waals surface area (Å²) in [6, 6.07) is 15.7. The topological polar surface area (TPSA) is 49.6 Å². The van der Waals surface area contributed by atoms with E-state index in [-0.39, 0.29) is 10.6 Å². The van der Waals surface area contributed by atoms with Crippen molar-refractivity contribution in [2.24, 2.45) is 0 Å². The summed E-state index contributed by atoms with van der Waals surface area (Å²) in [5.74, 6) is 0. The van der Waals surface area contributed by atoms with Crippen LogP contribution < -0.4 is 0 Å². The van der Waals surface area contributed by atoms with Gasteiger partial charge in [0.15, 0.2) is 0 Å². The number of aryl methyl sites for hydroxylation is 1. The molecule has 24 heavy (non-hydrogen) atoms. The summed E-state index contributed by atoms with van der Waals surface area (Å²) >= 11 is 0. The third kappa shape index (κ3) is 4.19. The third-order valence-corrected chi connectivity index (χ3v) is 4.54. The number of nitrogens with zero attached hydrogens (tertiary/aromatic N) is 3. The highest BCUT2D eigenvalue weighted by Crippen LogP contribution is 2.20. The van der Waals surface area contributed by atoms with Gasteiger partial charge in [-0.3, -0.25) is 19.9 Å². The van der Waals surface area contributed by atoms with Crippen LogP contribution in [-0.2, 0) is 13.1 Å². The number of nitro groups is 1. The second-order valence-electron chi connectivity index (χ2n) is 6.43. The normalized spacial score (nSPS) is 16.2. The van der Waals surface area contributed by atoms with Crippen LogP contribution in [0.4, 0.5) is 5.69 Å². The molecule has 126 valence electrons. The van der Waals surface area contributed by atoms with E-state index in [2.05, 4.69) is 41.0 Å². The van der Waals surface area contributed by atoms with Crippen LogP contribution in [0.5, 0.6) is 0 Å². The van der Waals surface area contributed by atoms with E-state index >= 15 is 0 Å². The first-order valence-electron chi connectivity index (χ1n) is 8.34. The molecule has 0 radical (unpaired) electrons. The fourth-order valence-corrected chi connectivity index (χ4v) is 3.24. The van der Waals surface area contributed by atoms with Gasteiger partial charge in [-0.1, -0.05) is 48.0 Å². The van der Waals surface area contributed by atoms with Gasteiger partial charge in [-0.15, -0.1) is 0 Å². The molecule has 0 atom stereocenters. The van der Waals surface area contributed by atoms with E-state index < -0.39 is 0 Å². The quantitative estimate of drug-likeness (QED) is 0.625. The second-order valence-corrected chi connectivity index (χ2v) is 6.43. The smallest absolute Gasteiger partial charge is 0.273 e. The Morgan fingerprint density at radius 2 is 1.62 bits per heavy atom. The molecule has 0 unspecified atom stereocenters. The molecule has 0 saturated carbocycles. The fourth-order valence-electron chi connectivity index (χ4n) is 3.24. The Bertz CT molecular complexity index is 709. The Hall–Kier alpha value is -2.24. The summed E-state index contributed by atoms with van der Waals surface area (Å²) in [7, 11) is 0. The van der Waals surface area contributed by atoms with E-state index in [1.54, 1.807) is 12.1 Å². The van der Waals surface area contributed by atoms with E-state index in [4.69, 9.17) is 0 Å². The molecular formula is C19H23N3O2. The Morgan fingerprint density at radius 1 is 0.958 bits per heavy atom. The minimum atomic E-state index is -0.288.